The summed E-state index contributed by atoms with van der Waals surface area (Å²) in [7, 11) is 0. The first kappa shape index (κ1) is 21.5. The van der Waals surface area contributed by atoms with E-state index in [1.165, 1.54) is 34.4 Å². The summed E-state index contributed by atoms with van der Waals surface area (Å²) in [6, 6.07) is 6.26. The fourth-order valence-corrected chi connectivity index (χ4v) is 3.82. The molecule has 1 atom stereocenters. The lowest BCUT2D eigenvalue weighted by Gasteiger charge is -2.34. The third-order valence-electron chi connectivity index (χ3n) is 5.01. The second-order valence-corrected chi connectivity index (χ2v) is 7.62. The van der Waals surface area contributed by atoms with Gasteiger partial charge in [-0.3, -0.25) is 4.98 Å². The molecule has 2 aromatic rings. The van der Waals surface area contributed by atoms with Crippen LogP contribution < -0.4 is 5.32 Å². The number of hydrogen-bond acceptors (Lipinski definition) is 2. The van der Waals surface area contributed by atoms with Crippen molar-refractivity contribution in [3.8, 4) is 12.3 Å². The van der Waals surface area contributed by atoms with Crippen molar-refractivity contribution in [3.05, 3.63) is 81.3 Å². The molecule has 0 aliphatic carbocycles. The molecular weight excluding hydrogens is 340 g/mol. The molecule has 146 valence electrons. The summed E-state index contributed by atoms with van der Waals surface area (Å²) in [4.78, 5) is 4.63. The van der Waals surface area contributed by atoms with Gasteiger partial charge in [-0.2, -0.15) is 0 Å². The highest BCUT2D eigenvalue weighted by atomic mass is 14.9. The SMILES string of the molecule is C#Cc1ccc(C2C(C(=C)C)=C(C)Nc3c(C)cnc(C)c32)c(C)c1.CCC. The van der Waals surface area contributed by atoms with E-state index in [9.17, 15) is 0 Å². The van der Waals surface area contributed by atoms with Gasteiger partial charge in [0.05, 0.1) is 0 Å². The van der Waals surface area contributed by atoms with Gasteiger partial charge in [0.15, 0.2) is 0 Å². The summed E-state index contributed by atoms with van der Waals surface area (Å²) in [6.07, 6.45) is 8.76. The van der Waals surface area contributed by atoms with Gasteiger partial charge in [0, 0.05) is 40.3 Å². The smallest absolute Gasteiger partial charge is 0.0487 e. The standard InChI is InChI=1S/C23H24N2.C3H8/c1-8-18-9-10-19(14(4)11-18)22-20(13(2)3)17(7)25-23-15(5)12-24-16(6)21(22)23;1-3-2/h1,9-12,22,25H,2H2,3-7H3;3H2,1-2H3. The van der Waals surface area contributed by atoms with E-state index in [0.717, 1.165) is 28.1 Å². The van der Waals surface area contributed by atoms with Crippen molar-refractivity contribution in [2.45, 2.75) is 60.8 Å². The van der Waals surface area contributed by atoms with Crippen LogP contribution in [0, 0.1) is 33.1 Å². The number of terminal acetylenes is 1. The second kappa shape index (κ2) is 8.93. The summed E-state index contributed by atoms with van der Waals surface area (Å²) in [5.41, 5.74) is 11.4. The summed E-state index contributed by atoms with van der Waals surface area (Å²) >= 11 is 0. The first-order valence-electron chi connectivity index (χ1n) is 9.93. The topological polar surface area (TPSA) is 24.9 Å². The molecule has 2 nitrogen and oxygen atoms in total. The van der Waals surface area contributed by atoms with E-state index in [1.807, 2.05) is 12.3 Å². The van der Waals surface area contributed by atoms with Crippen LogP contribution in [0.3, 0.4) is 0 Å². The Hall–Kier alpha value is -2.79. The molecule has 0 fully saturated rings. The first-order chi connectivity index (χ1) is 13.3. The summed E-state index contributed by atoms with van der Waals surface area (Å²) in [5.74, 6) is 2.84. The largest absolute Gasteiger partial charge is 0.358 e. The quantitative estimate of drug-likeness (QED) is 0.586. The normalized spacial score (nSPS) is 15.0. The van der Waals surface area contributed by atoms with E-state index in [2.05, 4.69) is 83.4 Å². The van der Waals surface area contributed by atoms with Crippen LogP contribution in [0.25, 0.3) is 0 Å². The number of aryl methyl sites for hydroxylation is 3. The minimum absolute atomic E-state index is 0.118. The maximum absolute atomic E-state index is 5.57. The zero-order chi connectivity index (χ0) is 21.0. The highest BCUT2D eigenvalue weighted by molar-refractivity contribution is 5.72. The molecule has 0 amide bonds. The molecule has 0 bridgehead atoms. The molecule has 1 aliphatic rings. The van der Waals surface area contributed by atoms with Crippen molar-refractivity contribution in [1.29, 1.82) is 0 Å². The lowest BCUT2D eigenvalue weighted by molar-refractivity contribution is 0.875. The van der Waals surface area contributed by atoms with Crippen molar-refractivity contribution in [3.63, 3.8) is 0 Å². The first-order valence-corrected chi connectivity index (χ1v) is 9.93. The van der Waals surface area contributed by atoms with Crippen LogP contribution in [0.2, 0.25) is 0 Å². The lowest BCUT2D eigenvalue weighted by atomic mass is 9.76. The maximum Gasteiger partial charge on any atom is 0.0487 e. The number of benzene rings is 1. The Balaban J connectivity index is 0.000000878. The van der Waals surface area contributed by atoms with E-state index in [4.69, 9.17) is 6.42 Å². The summed E-state index contributed by atoms with van der Waals surface area (Å²) in [6.45, 7) is 19.0. The number of nitrogens with one attached hydrogen (secondary N) is 1. The van der Waals surface area contributed by atoms with E-state index in [0.29, 0.717) is 0 Å². The minimum atomic E-state index is 0.118. The number of allylic oxidation sites excluding steroid dienone is 3. The summed E-state index contributed by atoms with van der Waals surface area (Å²) in [5, 5.41) is 3.59. The monoisotopic (exact) mass is 372 g/mol. The van der Waals surface area contributed by atoms with Crippen LogP contribution in [0.4, 0.5) is 5.69 Å². The van der Waals surface area contributed by atoms with Crippen LogP contribution in [0.5, 0.6) is 0 Å². The van der Waals surface area contributed by atoms with Gasteiger partial charge in [0.25, 0.3) is 0 Å². The van der Waals surface area contributed by atoms with Crippen LogP contribution in [0.15, 0.2) is 47.8 Å². The Morgan fingerprint density at radius 2 is 1.82 bits per heavy atom. The van der Waals surface area contributed by atoms with Crippen molar-refractivity contribution in [2.24, 2.45) is 0 Å². The number of hydrogen-bond donors (Lipinski definition) is 1. The predicted molar refractivity (Wildman–Crippen MR) is 122 cm³/mol. The molecule has 28 heavy (non-hydrogen) atoms. The zero-order valence-corrected chi connectivity index (χ0v) is 18.3. The molecule has 0 radical (unpaired) electrons. The number of pyridine rings is 1. The Morgan fingerprint density at radius 3 is 2.36 bits per heavy atom. The fourth-order valence-electron chi connectivity index (χ4n) is 3.82. The Labute approximate surface area is 170 Å². The molecule has 2 heteroatoms. The molecule has 2 heterocycles. The molecule has 1 aromatic carbocycles. The van der Waals surface area contributed by atoms with Gasteiger partial charge in [0.2, 0.25) is 0 Å². The van der Waals surface area contributed by atoms with Gasteiger partial charge in [-0.25, -0.2) is 0 Å². The van der Waals surface area contributed by atoms with E-state index >= 15 is 0 Å². The number of fused-ring (bicyclic) bond motifs is 1. The molecule has 0 saturated carbocycles. The van der Waals surface area contributed by atoms with E-state index in [-0.39, 0.29) is 5.92 Å². The predicted octanol–water partition coefficient (Wildman–Crippen LogP) is 6.81. The molecule has 0 saturated heterocycles. The molecule has 1 aliphatic heterocycles. The van der Waals surface area contributed by atoms with E-state index in [1.54, 1.807) is 0 Å². The second-order valence-electron chi connectivity index (χ2n) is 7.62. The van der Waals surface area contributed by atoms with Gasteiger partial charge in [-0.1, -0.05) is 44.4 Å². The molecular formula is C26H32N2. The van der Waals surface area contributed by atoms with Crippen molar-refractivity contribution >= 4 is 5.69 Å². The third kappa shape index (κ3) is 4.04. The average Bonchev–Trinajstić information content (AvgIpc) is 2.64. The number of anilines is 1. The Morgan fingerprint density at radius 1 is 1.18 bits per heavy atom. The number of aromatic nitrogens is 1. The lowest BCUT2D eigenvalue weighted by Crippen LogP contribution is -2.21. The Kier molecular flexibility index (Phi) is 6.86. The molecule has 1 N–H and O–H groups in total. The van der Waals surface area contributed by atoms with Crippen LogP contribution in [-0.4, -0.2) is 4.98 Å². The van der Waals surface area contributed by atoms with Gasteiger partial charge >= 0.3 is 0 Å². The number of nitrogens with zero attached hydrogens (tertiary/aromatic N) is 1. The van der Waals surface area contributed by atoms with Gasteiger partial charge in [-0.05, 0) is 69.0 Å². The van der Waals surface area contributed by atoms with Crippen LogP contribution in [0.1, 0.15) is 73.5 Å². The fraction of sp³-hybridized carbons (Fsp3) is 0.346. The highest BCUT2D eigenvalue weighted by Crippen LogP contribution is 2.46. The molecule has 3 rings (SSSR count). The van der Waals surface area contributed by atoms with Gasteiger partial charge in [-0.15, -0.1) is 6.42 Å². The van der Waals surface area contributed by atoms with Crippen molar-refractivity contribution < 1.29 is 0 Å². The number of rotatable bonds is 2. The average molecular weight is 373 g/mol. The summed E-state index contributed by atoms with van der Waals surface area (Å²) < 4.78 is 0. The van der Waals surface area contributed by atoms with Gasteiger partial charge < -0.3 is 5.32 Å². The van der Waals surface area contributed by atoms with E-state index < -0.39 is 0 Å². The van der Waals surface area contributed by atoms with Crippen LogP contribution in [-0.2, 0) is 0 Å². The van der Waals surface area contributed by atoms with Crippen LogP contribution >= 0.6 is 0 Å². The minimum Gasteiger partial charge on any atom is -0.358 e. The Bertz CT molecular complexity index is 971. The van der Waals surface area contributed by atoms with Gasteiger partial charge in [0.1, 0.15) is 0 Å². The van der Waals surface area contributed by atoms with Crippen molar-refractivity contribution in [1.82, 2.24) is 4.98 Å². The third-order valence-corrected chi connectivity index (χ3v) is 5.01. The molecule has 1 unspecified atom stereocenters. The van der Waals surface area contributed by atoms with Crippen molar-refractivity contribution in [2.75, 3.05) is 5.32 Å². The molecule has 1 aromatic heterocycles. The highest BCUT2D eigenvalue weighted by Gasteiger charge is 2.32. The maximum atomic E-state index is 5.57. The zero-order valence-electron chi connectivity index (χ0n) is 18.3. The molecule has 0 spiro atoms.